The lowest BCUT2D eigenvalue weighted by Gasteiger charge is -2.14. The summed E-state index contributed by atoms with van der Waals surface area (Å²) in [6.45, 7) is 3.98. The smallest absolute Gasteiger partial charge is 0.311 e. The summed E-state index contributed by atoms with van der Waals surface area (Å²) < 4.78 is 16.0. The third-order valence-electron chi connectivity index (χ3n) is 4.79. The third-order valence-corrected chi connectivity index (χ3v) is 5.76. The molecule has 158 valence electrons. The van der Waals surface area contributed by atoms with E-state index < -0.39 is 11.2 Å². The molecule has 0 saturated carbocycles. The number of aromatic amines is 2. The molecule has 2 N–H and O–H groups in total. The lowest BCUT2D eigenvalue weighted by Crippen LogP contribution is -2.23. The maximum absolute atomic E-state index is 14.1. The van der Waals surface area contributed by atoms with Crippen molar-refractivity contribution in [3.63, 3.8) is 0 Å². The first-order chi connectivity index (χ1) is 14.9. The second-order valence-electron chi connectivity index (χ2n) is 7.19. The van der Waals surface area contributed by atoms with E-state index in [0.717, 1.165) is 16.8 Å². The van der Waals surface area contributed by atoms with E-state index in [1.54, 1.807) is 18.2 Å². The van der Waals surface area contributed by atoms with E-state index in [0.29, 0.717) is 28.0 Å². The van der Waals surface area contributed by atoms with Crippen LogP contribution < -0.4 is 11.2 Å². The molecule has 0 radical (unpaired) electrons. The van der Waals surface area contributed by atoms with E-state index in [9.17, 15) is 14.0 Å². The number of halogens is 1. The molecular formula is C22H20FN5O2S. The molecule has 7 nitrogen and oxygen atoms in total. The number of aryl methyl sites for hydroxylation is 2. The lowest BCUT2D eigenvalue weighted by atomic mass is 10.1. The number of thioether (sulfide) groups is 1. The summed E-state index contributed by atoms with van der Waals surface area (Å²) in [6.07, 6.45) is 0.208. The topological polar surface area (TPSA) is 96.4 Å². The number of aromatic nitrogens is 5. The number of H-pyrrole nitrogens is 2. The average molecular weight is 438 g/mol. The normalized spacial score (nSPS) is 11.1. The van der Waals surface area contributed by atoms with Crippen molar-refractivity contribution in [2.75, 3.05) is 0 Å². The fourth-order valence-electron chi connectivity index (χ4n) is 3.25. The van der Waals surface area contributed by atoms with Crippen molar-refractivity contribution in [3.05, 3.63) is 103 Å². The molecule has 0 fully saturated rings. The molecule has 4 aromatic rings. The summed E-state index contributed by atoms with van der Waals surface area (Å²) in [6, 6.07) is 14.0. The predicted octanol–water partition coefficient (Wildman–Crippen LogP) is 3.28. The molecule has 0 amide bonds. The Morgan fingerprint density at radius 2 is 1.84 bits per heavy atom. The van der Waals surface area contributed by atoms with E-state index in [-0.39, 0.29) is 12.2 Å². The van der Waals surface area contributed by atoms with Crippen LogP contribution in [0.25, 0.3) is 5.69 Å². The van der Waals surface area contributed by atoms with Gasteiger partial charge in [-0.3, -0.25) is 14.3 Å². The molecule has 31 heavy (non-hydrogen) atoms. The van der Waals surface area contributed by atoms with Gasteiger partial charge in [-0.25, -0.2) is 9.18 Å². The molecule has 0 aliphatic heterocycles. The molecule has 9 heteroatoms. The summed E-state index contributed by atoms with van der Waals surface area (Å²) >= 11 is 1.37. The second-order valence-corrected chi connectivity index (χ2v) is 8.14. The Morgan fingerprint density at radius 3 is 2.61 bits per heavy atom. The third kappa shape index (κ3) is 4.66. The van der Waals surface area contributed by atoms with Gasteiger partial charge in [-0.05, 0) is 42.7 Å². The first kappa shape index (κ1) is 20.8. The van der Waals surface area contributed by atoms with E-state index in [4.69, 9.17) is 0 Å². The van der Waals surface area contributed by atoms with E-state index in [1.165, 1.54) is 23.9 Å². The van der Waals surface area contributed by atoms with E-state index in [1.807, 2.05) is 36.6 Å². The van der Waals surface area contributed by atoms with Crippen LogP contribution in [0.4, 0.5) is 4.39 Å². The molecule has 0 bridgehead atoms. The average Bonchev–Trinajstić information content (AvgIpc) is 3.10. The van der Waals surface area contributed by atoms with Crippen molar-refractivity contribution in [2.24, 2.45) is 0 Å². The van der Waals surface area contributed by atoms with Crippen molar-refractivity contribution in [3.8, 4) is 5.69 Å². The highest BCUT2D eigenvalue weighted by atomic mass is 32.2. The second kappa shape index (κ2) is 8.73. The summed E-state index contributed by atoms with van der Waals surface area (Å²) in [5, 5.41) is 9.24. The zero-order chi connectivity index (χ0) is 22.0. The molecule has 0 atom stereocenters. The Hall–Kier alpha value is -3.46. The van der Waals surface area contributed by atoms with Gasteiger partial charge in [-0.15, -0.1) is 10.2 Å². The zero-order valence-electron chi connectivity index (χ0n) is 17.0. The van der Waals surface area contributed by atoms with Gasteiger partial charge in [0.15, 0.2) is 5.16 Å². The zero-order valence-corrected chi connectivity index (χ0v) is 17.8. The molecule has 0 spiro atoms. The van der Waals surface area contributed by atoms with Crippen LogP contribution in [0, 0.1) is 19.7 Å². The maximum atomic E-state index is 14.1. The Balaban J connectivity index is 1.76. The standard InChI is InChI=1S/C22H20FN5O2S/c1-13-7-8-14(2)18(9-13)28-19(10-16-11-20(29)25-21(30)24-16)26-27-22(28)31-12-15-5-3-4-6-17(15)23/h3-9,11H,10,12H2,1-2H3,(H2,24,25,29,30). The summed E-state index contributed by atoms with van der Waals surface area (Å²) in [5.74, 6) is 0.678. The fourth-order valence-corrected chi connectivity index (χ4v) is 4.20. The lowest BCUT2D eigenvalue weighted by molar-refractivity contribution is 0.617. The van der Waals surface area contributed by atoms with Crippen molar-refractivity contribution < 1.29 is 4.39 Å². The largest absolute Gasteiger partial charge is 0.325 e. The Kier molecular flexibility index (Phi) is 5.85. The van der Waals surface area contributed by atoms with Crippen molar-refractivity contribution in [1.29, 1.82) is 0 Å². The molecule has 0 aliphatic carbocycles. The van der Waals surface area contributed by atoms with Crippen LogP contribution in [0.2, 0.25) is 0 Å². The Labute approximate surface area is 181 Å². The highest BCUT2D eigenvalue weighted by molar-refractivity contribution is 7.98. The van der Waals surface area contributed by atoms with Crippen LogP contribution in [0.5, 0.6) is 0 Å². The quantitative estimate of drug-likeness (QED) is 0.451. The minimum Gasteiger partial charge on any atom is -0.311 e. The van der Waals surface area contributed by atoms with Gasteiger partial charge in [-0.2, -0.15) is 0 Å². The molecule has 2 aromatic heterocycles. The molecule has 0 aliphatic rings. The highest BCUT2D eigenvalue weighted by Gasteiger charge is 2.18. The summed E-state index contributed by atoms with van der Waals surface area (Å²) in [5.41, 5.74) is 2.92. The summed E-state index contributed by atoms with van der Waals surface area (Å²) in [7, 11) is 0. The van der Waals surface area contributed by atoms with Crippen LogP contribution in [0.15, 0.2) is 63.3 Å². The van der Waals surface area contributed by atoms with Crippen molar-refractivity contribution >= 4 is 11.8 Å². The molecule has 4 rings (SSSR count). The van der Waals surface area contributed by atoms with Gasteiger partial charge in [0.1, 0.15) is 11.6 Å². The van der Waals surface area contributed by atoms with Gasteiger partial charge < -0.3 is 4.98 Å². The molecule has 0 unspecified atom stereocenters. The fraction of sp³-hybridized carbons (Fsp3) is 0.182. The number of rotatable bonds is 6. The minimum atomic E-state index is -0.575. The Morgan fingerprint density at radius 1 is 1.03 bits per heavy atom. The number of hydrogen-bond acceptors (Lipinski definition) is 5. The van der Waals surface area contributed by atoms with Crippen molar-refractivity contribution in [1.82, 2.24) is 24.7 Å². The van der Waals surface area contributed by atoms with Crippen LogP contribution in [0.1, 0.15) is 28.2 Å². The van der Waals surface area contributed by atoms with E-state index >= 15 is 0 Å². The number of nitrogens with one attached hydrogen (secondary N) is 2. The number of benzene rings is 2. The van der Waals surface area contributed by atoms with Crippen LogP contribution in [0.3, 0.4) is 0 Å². The van der Waals surface area contributed by atoms with Crippen LogP contribution in [-0.4, -0.2) is 24.7 Å². The molecule has 2 aromatic carbocycles. The first-order valence-electron chi connectivity index (χ1n) is 9.61. The molecular weight excluding hydrogens is 417 g/mol. The Bertz CT molecular complexity index is 1330. The number of nitrogens with zero attached hydrogens (tertiary/aromatic N) is 3. The molecule has 0 saturated heterocycles. The van der Waals surface area contributed by atoms with Gasteiger partial charge in [0.25, 0.3) is 5.56 Å². The first-order valence-corrected chi connectivity index (χ1v) is 10.6. The number of hydrogen-bond donors (Lipinski definition) is 2. The van der Waals surface area contributed by atoms with Gasteiger partial charge in [0.2, 0.25) is 0 Å². The highest BCUT2D eigenvalue weighted by Crippen LogP contribution is 2.28. The van der Waals surface area contributed by atoms with E-state index in [2.05, 4.69) is 20.2 Å². The van der Waals surface area contributed by atoms with Gasteiger partial charge in [-0.1, -0.05) is 42.1 Å². The van der Waals surface area contributed by atoms with Crippen LogP contribution >= 0.6 is 11.8 Å². The van der Waals surface area contributed by atoms with Gasteiger partial charge in [0.05, 0.1) is 5.69 Å². The van der Waals surface area contributed by atoms with Gasteiger partial charge in [0, 0.05) is 23.9 Å². The molecule has 2 heterocycles. The maximum Gasteiger partial charge on any atom is 0.325 e. The van der Waals surface area contributed by atoms with Gasteiger partial charge >= 0.3 is 5.69 Å². The van der Waals surface area contributed by atoms with Crippen LogP contribution in [-0.2, 0) is 12.2 Å². The predicted molar refractivity (Wildman–Crippen MR) is 117 cm³/mol. The monoisotopic (exact) mass is 437 g/mol. The SMILES string of the molecule is Cc1ccc(C)c(-n2c(Cc3cc(=O)[nH]c(=O)[nH]3)nnc2SCc2ccccc2F)c1. The minimum absolute atomic E-state index is 0.208. The van der Waals surface area contributed by atoms with Crippen molar-refractivity contribution in [2.45, 2.75) is 31.2 Å². The summed E-state index contributed by atoms with van der Waals surface area (Å²) in [4.78, 5) is 28.1.